The standard InChI is InChI=1S/C15H32O3Si/c1-5-6-7-8-9-10-11-12-13-14-15-19(16-2,17-3)18-4/h14-15H,5-13H2,1-4H3. The third-order valence-corrected chi connectivity index (χ3v) is 5.75. The maximum Gasteiger partial charge on any atom is 0.528 e. The van der Waals surface area contributed by atoms with Gasteiger partial charge in [0.05, 0.1) is 0 Å². The molecule has 0 saturated carbocycles. The van der Waals surface area contributed by atoms with Gasteiger partial charge < -0.3 is 13.3 Å². The molecular weight excluding hydrogens is 256 g/mol. The second-order valence-corrected chi connectivity index (χ2v) is 7.65. The SMILES string of the molecule is CCCCCCCCCCC=C[Si](OC)(OC)OC. The minimum atomic E-state index is -2.49. The molecule has 0 heterocycles. The summed E-state index contributed by atoms with van der Waals surface area (Å²) in [5.74, 6) is 0. The summed E-state index contributed by atoms with van der Waals surface area (Å²) in [7, 11) is 2.43. The summed E-state index contributed by atoms with van der Waals surface area (Å²) >= 11 is 0. The molecule has 0 N–H and O–H groups in total. The molecule has 0 amide bonds. The predicted octanol–water partition coefficient (Wildman–Crippen LogP) is 4.49. The highest BCUT2D eigenvalue weighted by atomic mass is 28.4. The zero-order valence-electron chi connectivity index (χ0n) is 13.2. The van der Waals surface area contributed by atoms with Gasteiger partial charge in [-0.25, -0.2) is 0 Å². The van der Waals surface area contributed by atoms with E-state index >= 15 is 0 Å². The molecule has 0 aromatic carbocycles. The van der Waals surface area contributed by atoms with Crippen molar-refractivity contribution in [3.63, 3.8) is 0 Å². The molecule has 0 atom stereocenters. The van der Waals surface area contributed by atoms with Crippen molar-refractivity contribution in [2.45, 2.75) is 64.7 Å². The first kappa shape index (κ1) is 18.8. The van der Waals surface area contributed by atoms with Crippen LogP contribution in [-0.2, 0) is 13.3 Å². The number of rotatable bonds is 13. The summed E-state index contributed by atoms with van der Waals surface area (Å²) in [6.45, 7) is 2.26. The van der Waals surface area contributed by atoms with Crippen LogP contribution in [0.1, 0.15) is 64.7 Å². The van der Waals surface area contributed by atoms with E-state index in [4.69, 9.17) is 13.3 Å². The molecule has 114 valence electrons. The Bertz CT molecular complexity index is 207. The summed E-state index contributed by atoms with van der Waals surface area (Å²) in [5, 5.41) is 0. The van der Waals surface area contributed by atoms with Gasteiger partial charge in [-0.05, 0) is 18.5 Å². The Morgan fingerprint density at radius 2 is 1.21 bits per heavy atom. The molecule has 0 fully saturated rings. The Labute approximate surface area is 120 Å². The van der Waals surface area contributed by atoms with Crippen molar-refractivity contribution in [3.8, 4) is 0 Å². The molecule has 0 saturated heterocycles. The van der Waals surface area contributed by atoms with Crippen LogP contribution in [0.25, 0.3) is 0 Å². The van der Waals surface area contributed by atoms with Gasteiger partial charge in [0.1, 0.15) is 0 Å². The van der Waals surface area contributed by atoms with Crippen LogP contribution in [0.3, 0.4) is 0 Å². The van der Waals surface area contributed by atoms with Gasteiger partial charge in [-0.2, -0.15) is 0 Å². The molecule has 4 heteroatoms. The van der Waals surface area contributed by atoms with Crippen LogP contribution in [0.15, 0.2) is 11.8 Å². The normalized spacial score (nSPS) is 12.4. The number of hydrogen-bond acceptors (Lipinski definition) is 3. The van der Waals surface area contributed by atoms with E-state index in [1.54, 1.807) is 21.3 Å². The zero-order chi connectivity index (χ0) is 14.4. The molecule has 0 bridgehead atoms. The molecule has 3 nitrogen and oxygen atoms in total. The average molecular weight is 289 g/mol. The van der Waals surface area contributed by atoms with Crippen LogP contribution in [0.2, 0.25) is 0 Å². The summed E-state index contributed by atoms with van der Waals surface area (Å²) < 4.78 is 16.0. The fourth-order valence-electron chi connectivity index (χ4n) is 2.08. The van der Waals surface area contributed by atoms with Crippen LogP contribution in [-0.4, -0.2) is 30.1 Å². The minimum absolute atomic E-state index is 1.08. The van der Waals surface area contributed by atoms with E-state index < -0.39 is 8.80 Å². The van der Waals surface area contributed by atoms with E-state index in [-0.39, 0.29) is 0 Å². The lowest BCUT2D eigenvalue weighted by Gasteiger charge is -2.20. The fourth-order valence-corrected chi connectivity index (χ4v) is 3.44. The first-order chi connectivity index (χ1) is 9.24. The van der Waals surface area contributed by atoms with E-state index in [9.17, 15) is 0 Å². The average Bonchev–Trinajstić information content (AvgIpc) is 2.46. The lowest BCUT2D eigenvalue weighted by atomic mass is 10.1. The quantitative estimate of drug-likeness (QED) is 0.369. The van der Waals surface area contributed by atoms with Gasteiger partial charge in [0.15, 0.2) is 0 Å². The van der Waals surface area contributed by atoms with E-state index in [1.807, 2.05) is 5.70 Å². The lowest BCUT2D eigenvalue weighted by Crippen LogP contribution is -2.40. The topological polar surface area (TPSA) is 27.7 Å². The van der Waals surface area contributed by atoms with Crippen molar-refractivity contribution in [3.05, 3.63) is 11.8 Å². The number of unbranched alkanes of at least 4 members (excludes halogenated alkanes) is 8. The van der Waals surface area contributed by atoms with Crippen LogP contribution >= 0.6 is 0 Å². The Hall–Kier alpha value is -0.163. The molecule has 0 spiro atoms. The highest BCUT2D eigenvalue weighted by Gasteiger charge is 2.33. The Morgan fingerprint density at radius 1 is 0.737 bits per heavy atom. The van der Waals surface area contributed by atoms with E-state index in [1.165, 1.54) is 51.4 Å². The van der Waals surface area contributed by atoms with Crippen LogP contribution in [0.5, 0.6) is 0 Å². The highest BCUT2D eigenvalue weighted by Crippen LogP contribution is 2.12. The highest BCUT2D eigenvalue weighted by molar-refractivity contribution is 6.66. The molecule has 19 heavy (non-hydrogen) atoms. The molecule has 0 aromatic rings. The summed E-state index contributed by atoms with van der Waals surface area (Å²) in [6, 6.07) is 0. The van der Waals surface area contributed by atoms with Crippen molar-refractivity contribution < 1.29 is 13.3 Å². The largest absolute Gasteiger partial charge is 0.528 e. The van der Waals surface area contributed by atoms with Gasteiger partial charge in [-0.1, -0.05) is 57.9 Å². The summed E-state index contributed by atoms with van der Waals surface area (Å²) in [6.07, 6.45) is 14.0. The van der Waals surface area contributed by atoms with Crippen LogP contribution in [0, 0.1) is 0 Å². The summed E-state index contributed by atoms with van der Waals surface area (Å²) in [4.78, 5) is 0. The molecule has 0 aliphatic rings. The van der Waals surface area contributed by atoms with Gasteiger partial charge in [-0.3, -0.25) is 0 Å². The molecule has 0 unspecified atom stereocenters. The second kappa shape index (κ2) is 12.8. The molecule has 0 rings (SSSR count). The molecule has 0 aliphatic carbocycles. The Balaban J connectivity index is 3.52. The van der Waals surface area contributed by atoms with Crippen molar-refractivity contribution in [1.29, 1.82) is 0 Å². The third kappa shape index (κ3) is 9.38. The molecule has 0 aliphatic heterocycles. The maximum atomic E-state index is 5.33. The van der Waals surface area contributed by atoms with Gasteiger partial charge in [0, 0.05) is 21.3 Å². The molecular formula is C15H32O3Si. The number of allylic oxidation sites excluding steroid dienone is 1. The van der Waals surface area contributed by atoms with Crippen molar-refractivity contribution in [2.24, 2.45) is 0 Å². The predicted molar refractivity (Wildman–Crippen MR) is 83.1 cm³/mol. The Morgan fingerprint density at radius 3 is 1.68 bits per heavy atom. The smallest absolute Gasteiger partial charge is 0.374 e. The number of hydrogen-bond donors (Lipinski definition) is 0. The minimum Gasteiger partial charge on any atom is -0.374 e. The zero-order valence-corrected chi connectivity index (χ0v) is 14.2. The third-order valence-electron chi connectivity index (χ3n) is 3.40. The molecule has 0 radical (unpaired) electrons. The van der Waals surface area contributed by atoms with Crippen molar-refractivity contribution >= 4 is 8.80 Å². The first-order valence-electron chi connectivity index (χ1n) is 7.57. The van der Waals surface area contributed by atoms with Crippen LogP contribution < -0.4 is 0 Å². The van der Waals surface area contributed by atoms with E-state index in [0.29, 0.717) is 0 Å². The summed E-state index contributed by atoms with van der Waals surface area (Å²) in [5.41, 5.74) is 1.98. The van der Waals surface area contributed by atoms with Gasteiger partial charge >= 0.3 is 8.80 Å². The van der Waals surface area contributed by atoms with Gasteiger partial charge in [0.2, 0.25) is 0 Å². The van der Waals surface area contributed by atoms with Crippen molar-refractivity contribution in [2.75, 3.05) is 21.3 Å². The molecule has 0 aromatic heterocycles. The fraction of sp³-hybridized carbons (Fsp3) is 0.867. The van der Waals surface area contributed by atoms with E-state index in [2.05, 4.69) is 13.0 Å². The van der Waals surface area contributed by atoms with Gasteiger partial charge in [-0.15, -0.1) is 0 Å². The second-order valence-electron chi connectivity index (χ2n) is 4.88. The van der Waals surface area contributed by atoms with Gasteiger partial charge in [0.25, 0.3) is 0 Å². The van der Waals surface area contributed by atoms with Crippen LogP contribution in [0.4, 0.5) is 0 Å². The van der Waals surface area contributed by atoms with E-state index in [0.717, 1.165) is 6.42 Å². The maximum absolute atomic E-state index is 5.33. The monoisotopic (exact) mass is 288 g/mol. The first-order valence-corrected chi connectivity index (χ1v) is 9.38. The Kier molecular flexibility index (Phi) is 12.7. The van der Waals surface area contributed by atoms with Crippen molar-refractivity contribution in [1.82, 2.24) is 0 Å². The lowest BCUT2D eigenvalue weighted by molar-refractivity contribution is 0.138.